The fourth-order valence-corrected chi connectivity index (χ4v) is 4.74. The summed E-state index contributed by atoms with van der Waals surface area (Å²) in [4.78, 5) is 18.6. The van der Waals surface area contributed by atoms with Gasteiger partial charge < -0.3 is 5.32 Å². The number of rotatable bonds is 6. The molecule has 5 heteroatoms. The quantitative estimate of drug-likeness (QED) is 0.696. The number of thioether (sulfide) groups is 1. The molecule has 126 valence electrons. The van der Waals surface area contributed by atoms with Crippen LogP contribution >= 0.6 is 23.1 Å². The number of ketones is 1. The van der Waals surface area contributed by atoms with Gasteiger partial charge in [0.05, 0.1) is 5.75 Å². The molecule has 1 aromatic carbocycles. The fraction of sp³-hybridized carbons (Fsp3) is 0.368. The van der Waals surface area contributed by atoms with Crippen molar-refractivity contribution in [2.75, 3.05) is 11.1 Å². The van der Waals surface area contributed by atoms with Crippen LogP contribution in [0.3, 0.4) is 0 Å². The lowest BCUT2D eigenvalue weighted by molar-refractivity contribution is 0.102. The maximum atomic E-state index is 12.4. The number of amidine groups is 1. The number of carbonyl (C=O) groups is 1. The zero-order chi connectivity index (χ0) is 17.1. The minimum Gasteiger partial charge on any atom is -0.335 e. The van der Waals surface area contributed by atoms with Crippen LogP contribution in [-0.2, 0) is 6.42 Å². The van der Waals surface area contributed by atoms with Gasteiger partial charge in [-0.15, -0.1) is 23.1 Å². The molecule has 0 saturated carbocycles. The second-order valence-electron chi connectivity index (χ2n) is 5.86. The van der Waals surface area contributed by atoms with Crippen LogP contribution in [0.5, 0.6) is 0 Å². The SMILES string of the molecule is CCC1=NC(SCC(=O)c2ccc(C)cc2)c2cc(CC)sc2N1. The number of Topliss-reactive ketones (excluding diaryl/α,β-unsaturated/α-hetero) is 1. The maximum Gasteiger partial charge on any atom is 0.172 e. The van der Waals surface area contributed by atoms with E-state index in [4.69, 9.17) is 4.99 Å². The van der Waals surface area contributed by atoms with E-state index in [2.05, 4.69) is 25.2 Å². The Hall–Kier alpha value is -1.59. The van der Waals surface area contributed by atoms with Crippen molar-refractivity contribution in [3.63, 3.8) is 0 Å². The zero-order valence-corrected chi connectivity index (χ0v) is 15.9. The number of fused-ring (bicyclic) bond motifs is 1. The number of hydrogen-bond donors (Lipinski definition) is 1. The van der Waals surface area contributed by atoms with Crippen molar-refractivity contribution < 1.29 is 4.79 Å². The lowest BCUT2D eigenvalue weighted by Crippen LogP contribution is -2.17. The van der Waals surface area contributed by atoms with Gasteiger partial charge in [-0.25, -0.2) is 0 Å². The zero-order valence-electron chi connectivity index (χ0n) is 14.3. The molecule has 0 amide bonds. The van der Waals surface area contributed by atoms with Crippen molar-refractivity contribution in [1.29, 1.82) is 0 Å². The molecule has 1 aliphatic heterocycles. The Bertz CT molecular complexity index is 762. The van der Waals surface area contributed by atoms with Crippen LogP contribution in [0.15, 0.2) is 35.3 Å². The van der Waals surface area contributed by atoms with Gasteiger partial charge in [-0.3, -0.25) is 9.79 Å². The molecule has 0 aliphatic carbocycles. The molecule has 0 fully saturated rings. The van der Waals surface area contributed by atoms with E-state index in [9.17, 15) is 4.79 Å². The molecule has 0 saturated heterocycles. The molecule has 2 aromatic rings. The van der Waals surface area contributed by atoms with Crippen LogP contribution in [0.25, 0.3) is 0 Å². The van der Waals surface area contributed by atoms with E-state index in [1.807, 2.05) is 31.2 Å². The number of aryl methyl sites for hydroxylation is 2. The van der Waals surface area contributed by atoms with E-state index in [0.717, 1.165) is 24.2 Å². The van der Waals surface area contributed by atoms with Gasteiger partial charge in [0, 0.05) is 22.4 Å². The highest BCUT2D eigenvalue weighted by Crippen LogP contribution is 2.43. The molecule has 24 heavy (non-hydrogen) atoms. The Morgan fingerprint density at radius 2 is 2.00 bits per heavy atom. The average molecular weight is 359 g/mol. The van der Waals surface area contributed by atoms with Gasteiger partial charge in [-0.1, -0.05) is 43.7 Å². The molecule has 0 radical (unpaired) electrons. The number of anilines is 1. The molecule has 3 nitrogen and oxygen atoms in total. The second-order valence-corrected chi connectivity index (χ2v) is 8.06. The summed E-state index contributed by atoms with van der Waals surface area (Å²) in [6.45, 7) is 6.30. The van der Waals surface area contributed by atoms with E-state index < -0.39 is 0 Å². The van der Waals surface area contributed by atoms with Gasteiger partial charge in [0.25, 0.3) is 0 Å². The molecule has 3 rings (SSSR count). The lowest BCUT2D eigenvalue weighted by atomic mass is 10.1. The summed E-state index contributed by atoms with van der Waals surface area (Å²) in [6.07, 6.45) is 1.91. The number of hydrogen-bond acceptors (Lipinski definition) is 5. The Labute approximate surface area is 151 Å². The van der Waals surface area contributed by atoms with Gasteiger partial charge >= 0.3 is 0 Å². The number of nitrogens with zero attached hydrogens (tertiary/aromatic N) is 1. The summed E-state index contributed by atoms with van der Waals surface area (Å²) in [5.74, 6) is 1.62. The van der Waals surface area contributed by atoms with Gasteiger partial charge in [0.2, 0.25) is 0 Å². The third kappa shape index (κ3) is 3.73. The van der Waals surface area contributed by atoms with Crippen LogP contribution in [0.1, 0.15) is 52.0 Å². The standard InChI is InChI=1S/C19H22N2OS2/c1-4-14-10-15-18(20-17(5-2)21-19(15)24-14)23-11-16(22)13-8-6-12(3)7-9-13/h6-10,18H,4-5,11H2,1-3H3,(H,20,21). The molecule has 1 aromatic heterocycles. The smallest absolute Gasteiger partial charge is 0.172 e. The fourth-order valence-electron chi connectivity index (χ4n) is 2.57. The Morgan fingerprint density at radius 1 is 1.25 bits per heavy atom. The van der Waals surface area contributed by atoms with E-state index in [1.54, 1.807) is 23.1 Å². The summed E-state index contributed by atoms with van der Waals surface area (Å²) in [5, 5.41) is 4.64. The molecular formula is C19H22N2OS2. The molecular weight excluding hydrogens is 336 g/mol. The third-order valence-electron chi connectivity index (χ3n) is 4.04. The van der Waals surface area contributed by atoms with Gasteiger partial charge in [-0.05, 0) is 19.4 Å². The van der Waals surface area contributed by atoms with Crippen LogP contribution in [0, 0.1) is 6.92 Å². The van der Waals surface area contributed by atoms with Crippen LogP contribution in [-0.4, -0.2) is 17.4 Å². The second kappa shape index (κ2) is 7.53. The van der Waals surface area contributed by atoms with Crippen molar-refractivity contribution in [2.45, 2.75) is 39.0 Å². The highest BCUT2D eigenvalue weighted by Gasteiger charge is 2.24. The number of nitrogens with one attached hydrogen (secondary N) is 1. The molecule has 0 bridgehead atoms. The first-order valence-electron chi connectivity index (χ1n) is 8.28. The van der Waals surface area contributed by atoms with Crippen LogP contribution in [0.4, 0.5) is 5.00 Å². The monoisotopic (exact) mass is 358 g/mol. The van der Waals surface area contributed by atoms with Crippen molar-refractivity contribution in [3.05, 3.63) is 51.9 Å². The molecule has 1 unspecified atom stereocenters. The number of carbonyl (C=O) groups excluding carboxylic acids is 1. The third-order valence-corrected chi connectivity index (χ3v) is 6.35. The summed E-state index contributed by atoms with van der Waals surface area (Å²) in [7, 11) is 0. The summed E-state index contributed by atoms with van der Waals surface area (Å²) in [5.41, 5.74) is 3.17. The van der Waals surface area contributed by atoms with E-state index in [-0.39, 0.29) is 11.2 Å². The van der Waals surface area contributed by atoms with Crippen LogP contribution < -0.4 is 5.32 Å². The topological polar surface area (TPSA) is 41.5 Å². The largest absolute Gasteiger partial charge is 0.335 e. The number of thiophene rings is 1. The molecule has 0 spiro atoms. The van der Waals surface area contributed by atoms with E-state index in [0.29, 0.717) is 5.75 Å². The first-order valence-corrected chi connectivity index (χ1v) is 10.1. The minimum absolute atomic E-state index is 0.0159. The predicted octanol–water partition coefficient (Wildman–Crippen LogP) is 5.47. The van der Waals surface area contributed by atoms with Gasteiger partial charge in [0.15, 0.2) is 5.78 Å². The molecule has 2 heterocycles. The predicted molar refractivity (Wildman–Crippen MR) is 106 cm³/mol. The Balaban J connectivity index is 1.74. The lowest BCUT2D eigenvalue weighted by Gasteiger charge is -2.21. The maximum absolute atomic E-state index is 12.4. The average Bonchev–Trinajstić information content (AvgIpc) is 3.03. The van der Waals surface area contributed by atoms with Crippen molar-refractivity contribution in [2.24, 2.45) is 4.99 Å². The molecule has 1 N–H and O–H groups in total. The summed E-state index contributed by atoms with van der Waals surface area (Å²) >= 11 is 3.42. The van der Waals surface area contributed by atoms with E-state index in [1.165, 1.54) is 21.0 Å². The van der Waals surface area contributed by atoms with Crippen molar-refractivity contribution in [1.82, 2.24) is 0 Å². The number of benzene rings is 1. The number of aliphatic imine (C=N–C) groups is 1. The summed E-state index contributed by atoms with van der Waals surface area (Å²) < 4.78 is 0. The minimum atomic E-state index is 0.0159. The summed E-state index contributed by atoms with van der Waals surface area (Å²) in [6, 6.07) is 10.0. The first-order chi connectivity index (χ1) is 11.6. The van der Waals surface area contributed by atoms with Gasteiger partial charge in [0.1, 0.15) is 16.2 Å². The van der Waals surface area contributed by atoms with Crippen molar-refractivity contribution in [3.8, 4) is 0 Å². The first kappa shape index (κ1) is 17.2. The molecule has 1 atom stereocenters. The van der Waals surface area contributed by atoms with Crippen LogP contribution in [0.2, 0.25) is 0 Å². The Morgan fingerprint density at radius 3 is 2.67 bits per heavy atom. The Kier molecular flexibility index (Phi) is 5.41. The van der Waals surface area contributed by atoms with E-state index >= 15 is 0 Å². The van der Waals surface area contributed by atoms with Crippen molar-refractivity contribution >= 4 is 39.7 Å². The molecule has 1 aliphatic rings. The highest BCUT2D eigenvalue weighted by atomic mass is 32.2. The van der Waals surface area contributed by atoms with Gasteiger partial charge in [-0.2, -0.15) is 0 Å². The highest BCUT2D eigenvalue weighted by molar-refractivity contribution is 8.00. The normalized spacial score (nSPS) is 16.3.